The van der Waals surface area contributed by atoms with Crippen LogP contribution in [-0.2, 0) is 4.79 Å². The third-order valence-electron chi connectivity index (χ3n) is 1.54. The molecule has 3 heteroatoms. The molecule has 0 heterocycles. The molecule has 70 valence electrons. The van der Waals surface area contributed by atoms with Crippen molar-refractivity contribution in [1.29, 1.82) is 0 Å². The highest BCUT2D eigenvalue weighted by atomic mass is 16.1. The Kier molecular flexibility index (Phi) is 6.38. The zero-order chi connectivity index (χ0) is 9.40. The highest BCUT2D eigenvalue weighted by Crippen LogP contribution is 1.91. The molecule has 0 saturated heterocycles. The van der Waals surface area contributed by atoms with E-state index in [1.165, 1.54) is 5.57 Å². The summed E-state index contributed by atoms with van der Waals surface area (Å²) in [4.78, 5) is 10.7. The smallest absolute Gasteiger partial charge is 0.221 e. The fraction of sp³-hybridized carbons (Fsp3) is 0.667. The van der Waals surface area contributed by atoms with E-state index in [9.17, 15) is 4.79 Å². The van der Waals surface area contributed by atoms with E-state index in [4.69, 9.17) is 0 Å². The fourth-order valence-electron chi connectivity index (χ4n) is 0.754. The molecule has 0 bridgehead atoms. The Hall–Kier alpha value is -0.830. The highest BCUT2D eigenvalue weighted by Gasteiger charge is 1.95. The second-order valence-corrected chi connectivity index (χ2v) is 2.88. The zero-order valence-electron chi connectivity index (χ0n) is 7.94. The maximum atomic E-state index is 10.7. The second-order valence-electron chi connectivity index (χ2n) is 2.88. The average Bonchev–Trinajstić information content (AvgIpc) is 2.03. The predicted octanol–water partition coefficient (Wildman–Crippen LogP) is 0.678. The van der Waals surface area contributed by atoms with Crippen molar-refractivity contribution in [2.24, 2.45) is 0 Å². The number of carbonyl (C=O) groups is 1. The molecule has 0 aliphatic heterocycles. The number of carbonyl (C=O) groups excluding carboxylic acids is 1. The first-order chi connectivity index (χ1) is 5.66. The molecule has 0 spiro atoms. The summed E-state index contributed by atoms with van der Waals surface area (Å²) < 4.78 is 0. The van der Waals surface area contributed by atoms with Gasteiger partial charge < -0.3 is 10.6 Å². The van der Waals surface area contributed by atoms with Crippen LogP contribution in [0.5, 0.6) is 0 Å². The van der Waals surface area contributed by atoms with Gasteiger partial charge in [0.15, 0.2) is 0 Å². The van der Waals surface area contributed by atoms with Crippen LogP contribution in [0.3, 0.4) is 0 Å². The van der Waals surface area contributed by atoms with E-state index in [1.54, 1.807) is 7.05 Å². The van der Waals surface area contributed by atoms with Crippen molar-refractivity contribution in [2.75, 3.05) is 20.1 Å². The summed E-state index contributed by atoms with van der Waals surface area (Å²) >= 11 is 0. The van der Waals surface area contributed by atoms with Crippen molar-refractivity contribution >= 4 is 5.91 Å². The van der Waals surface area contributed by atoms with Gasteiger partial charge in [0.05, 0.1) is 0 Å². The molecule has 0 rings (SSSR count). The van der Waals surface area contributed by atoms with E-state index in [0.29, 0.717) is 6.42 Å². The van der Waals surface area contributed by atoms with Gasteiger partial charge in [-0.2, -0.15) is 0 Å². The van der Waals surface area contributed by atoms with E-state index in [-0.39, 0.29) is 5.91 Å². The minimum absolute atomic E-state index is 0.0813. The molecular formula is C9H18N2O. The second kappa shape index (κ2) is 6.85. The summed E-state index contributed by atoms with van der Waals surface area (Å²) in [6.07, 6.45) is 1.53. The molecule has 0 radical (unpaired) electrons. The van der Waals surface area contributed by atoms with Gasteiger partial charge in [0.2, 0.25) is 5.91 Å². The molecule has 0 saturated carbocycles. The van der Waals surface area contributed by atoms with Crippen molar-refractivity contribution in [1.82, 2.24) is 10.6 Å². The summed E-state index contributed by atoms with van der Waals surface area (Å²) in [5.41, 5.74) is 1.17. The molecule has 0 aliphatic carbocycles. The number of amides is 1. The molecule has 12 heavy (non-hydrogen) atoms. The molecule has 3 nitrogen and oxygen atoms in total. The number of hydrogen-bond donors (Lipinski definition) is 2. The van der Waals surface area contributed by atoms with Gasteiger partial charge in [0, 0.05) is 20.0 Å². The quantitative estimate of drug-likeness (QED) is 0.454. The minimum atomic E-state index is 0.0813. The Morgan fingerprint density at radius 1 is 1.33 bits per heavy atom. The van der Waals surface area contributed by atoms with E-state index in [2.05, 4.69) is 17.2 Å². The number of nitrogens with one attached hydrogen (secondary N) is 2. The Morgan fingerprint density at radius 2 is 1.92 bits per heavy atom. The molecule has 0 atom stereocenters. The summed E-state index contributed by atoms with van der Waals surface area (Å²) in [6, 6.07) is 0. The van der Waals surface area contributed by atoms with E-state index >= 15 is 0 Å². The summed E-state index contributed by atoms with van der Waals surface area (Å²) in [5, 5.41) is 5.73. The summed E-state index contributed by atoms with van der Waals surface area (Å²) in [7, 11) is 1.65. The van der Waals surface area contributed by atoms with E-state index < -0.39 is 0 Å². The van der Waals surface area contributed by atoms with Crippen molar-refractivity contribution in [2.45, 2.75) is 19.8 Å². The van der Waals surface area contributed by atoms with Gasteiger partial charge in [-0.25, -0.2) is 0 Å². The van der Waals surface area contributed by atoms with E-state index in [0.717, 1.165) is 19.5 Å². The Morgan fingerprint density at radius 3 is 2.42 bits per heavy atom. The first-order valence-corrected chi connectivity index (χ1v) is 4.22. The largest absolute Gasteiger partial charge is 0.359 e. The van der Waals surface area contributed by atoms with Crippen molar-refractivity contribution < 1.29 is 4.79 Å². The van der Waals surface area contributed by atoms with Crippen LogP contribution < -0.4 is 10.6 Å². The summed E-state index contributed by atoms with van der Waals surface area (Å²) in [6.45, 7) is 7.44. The summed E-state index contributed by atoms with van der Waals surface area (Å²) in [5.74, 6) is 0.0813. The van der Waals surface area contributed by atoms with Crippen molar-refractivity contribution in [3.63, 3.8) is 0 Å². The number of rotatable bonds is 6. The lowest BCUT2D eigenvalue weighted by molar-refractivity contribution is -0.120. The SMILES string of the molecule is C=C(C)CCNCCC(=O)NC. The van der Waals surface area contributed by atoms with Crippen LogP contribution in [0.4, 0.5) is 0 Å². The van der Waals surface area contributed by atoms with Crippen LogP contribution in [-0.4, -0.2) is 26.0 Å². The van der Waals surface area contributed by atoms with Crippen LogP contribution >= 0.6 is 0 Å². The number of hydrogen-bond acceptors (Lipinski definition) is 2. The van der Waals surface area contributed by atoms with Crippen LogP contribution in [0, 0.1) is 0 Å². The molecule has 2 N–H and O–H groups in total. The van der Waals surface area contributed by atoms with Crippen LogP contribution in [0.15, 0.2) is 12.2 Å². The third-order valence-corrected chi connectivity index (χ3v) is 1.54. The van der Waals surface area contributed by atoms with E-state index in [1.807, 2.05) is 6.92 Å². The van der Waals surface area contributed by atoms with Gasteiger partial charge in [-0.05, 0) is 19.9 Å². The zero-order valence-corrected chi connectivity index (χ0v) is 7.94. The topological polar surface area (TPSA) is 41.1 Å². The van der Waals surface area contributed by atoms with Crippen molar-refractivity contribution in [3.05, 3.63) is 12.2 Å². The molecule has 0 aromatic rings. The minimum Gasteiger partial charge on any atom is -0.359 e. The van der Waals surface area contributed by atoms with Gasteiger partial charge in [-0.1, -0.05) is 5.57 Å². The predicted molar refractivity (Wildman–Crippen MR) is 51.0 cm³/mol. The molecular weight excluding hydrogens is 152 g/mol. The first-order valence-electron chi connectivity index (χ1n) is 4.22. The monoisotopic (exact) mass is 170 g/mol. The molecule has 0 aromatic heterocycles. The van der Waals surface area contributed by atoms with Gasteiger partial charge >= 0.3 is 0 Å². The molecule has 0 fully saturated rings. The maximum Gasteiger partial charge on any atom is 0.221 e. The maximum absolute atomic E-state index is 10.7. The van der Waals surface area contributed by atoms with Crippen molar-refractivity contribution in [3.8, 4) is 0 Å². The molecule has 1 amide bonds. The fourth-order valence-corrected chi connectivity index (χ4v) is 0.754. The Balaban J connectivity index is 3.11. The van der Waals surface area contributed by atoms with Crippen LogP contribution in [0.25, 0.3) is 0 Å². The molecule has 0 aromatic carbocycles. The van der Waals surface area contributed by atoms with Gasteiger partial charge in [-0.3, -0.25) is 4.79 Å². The molecule has 0 aliphatic rings. The highest BCUT2D eigenvalue weighted by molar-refractivity contribution is 5.75. The lowest BCUT2D eigenvalue weighted by Gasteiger charge is -2.03. The van der Waals surface area contributed by atoms with Crippen LogP contribution in [0.1, 0.15) is 19.8 Å². The lowest BCUT2D eigenvalue weighted by atomic mass is 10.2. The molecule has 0 unspecified atom stereocenters. The average molecular weight is 170 g/mol. The Bertz CT molecular complexity index is 155. The van der Waals surface area contributed by atoms with Gasteiger partial charge in [0.25, 0.3) is 0 Å². The standard InChI is InChI=1S/C9H18N2O/c1-8(2)4-6-11-7-5-9(12)10-3/h11H,1,4-7H2,2-3H3,(H,10,12). The lowest BCUT2D eigenvalue weighted by Crippen LogP contribution is -2.25. The third kappa shape index (κ3) is 7.28. The van der Waals surface area contributed by atoms with Crippen LogP contribution in [0.2, 0.25) is 0 Å². The normalized spacial score (nSPS) is 9.50. The Labute approximate surface area is 74.2 Å². The van der Waals surface area contributed by atoms with Gasteiger partial charge in [0.1, 0.15) is 0 Å². The van der Waals surface area contributed by atoms with Gasteiger partial charge in [-0.15, -0.1) is 6.58 Å². The first kappa shape index (κ1) is 11.2.